The van der Waals surface area contributed by atoms with Crippen molar-refractivity contribution in [3.05, 3.63) is 36.2 Å². The molecule has 5 heteroatoms. The van der Waals surface area contributed by atoms with E-state index in [9.17, 15) is 15.0 Å². The van der Waals surface area contributed by atoms with Gasteiger partial charge in [-0.2, -0.15) is 0 Å². The third-order valence-corrected chi connectivity index (χ3v) is 2.57. The number of nitrogens with zero attached hydrogens (tertiary/aromatic N) is 1. The number of aldehydes is 1. The Labute approximate surface area is 103 Å². The van der Waals surface area contributed by atoms with E-state index in [1.54, 1.807) is 18.3 Å². The van der Waals surface area contributed by atoms with Gasteiger partial charge in [0.15, 0.2) is 17.8 Å². The van der Waals surface area contributed by atoms with Crippen molar-refractivity contribution < 1.29 is 19.7 Å². The molecule has 0 aliphatic rings. The molecule has 1 heterocycles. The molecule has 0 bridgehead atoms. The summed E-state index contributed by atoms with van der Waals surface area (Å²) in [7, 11) is 1.34. The van der Waals surface area contributed by atoms with E-state index < -0.39 is 11.5 Å². The summed E-state index contributed by atoms with van der Waals surface area (Å²) in [5, 5.41) is 19.7. The highest BCUT2D eigenvalue weighted by atomic mass is 16.5. The number of ether oxygens (including phenoxy) is 1. The van der Waals surface area contributed by atoms with E-state index in [4.69, 9.17) is 4.74 Å². The van der Waals surface area contributed by atoms with Crippen LogP contribution in [0.15, 0.2) is 30.6 Å². The van der Waals surface area contributed by atoms with Gasteiger partial charge in [-0.1, -0.05) is 6.07 Å². The van der Waals surface area contributed by atoms with Gasteiger partial charge in [0.05, 0.1) is 7.11 Å². The monoisotopic (exact) mass is 245 g/mol. The van der Waals surface area contributed by atoms with Crippen LogP contribution < -0.4 is 4.74 Å². The average molecular weight is 245 g/mol. The van der Waals surface area contributed by atoms with Crippen molar-refractivity contribution >= 4 is 6.29 Å². The summed E-state index contributed by atoms with van der Waals surface area (Å²) in [6.07, 6.45) is 3.66. The summed E-state index contributed by atoms with van der Waals surface area (Å²) in [5.41, 5.74) is 0.988. The molecule has 0 aliphatic heterocycles. The molecule has 0 aliphatic carbocycles. The number of hydrogen-bond donors (Lipinski definition) is 2. The highest BCUT2D eigenvalue weighted by Gasteiger charge is 2.18. The molecular formula is C13H11NO4. The number of benzene rings is 1. The average Bonchev–Trinajstić information content (AvgIpc) is 2.42. The fourth-order valence-corrected chi connectivity index (χ4v) is 1.72. The van der Waals surface area contributed by atoms with E-state index in [0.29, 0.717) is 11.8 Å². The van der Waals surface area contributed by atoms with Crippen LogP contribution in [0.1, 0.15) is 10.4 Å². The normalized spacial score (nSPS) is 10.1. The maximum absolute atomic E-state index is 11.1. The Hall–Kier alpha value is -2.56. The van der Waals surface area contributed by atoms with Crippen molar-refractivity contribution in [3.8, 4) is 28.4 Å². The van der Waals surface area contributed by atoms with Crippen molar-refractivity contribution in [2.24, 2.45) is 0 Å². The van der Waals surface area contributed by atoms with E-state index >= 15 is 0 Å². The third kappa shape index (κ3) is 1.86. The summed E-state index contributed by atoms with van der Waals surface area (Å²) in [6, 6.07) is 4.72. The molecule has 0 amide bonds. The number of aromatic nitrogens is 1. The zero-order chi connectivity index (χ0) is 13.1. The van der Waals surface area contributed by atoms with Crippen LogP contribution in [0.25, 0.3) is 11.1 Å². The van der Waals surface area contributed by atoms with Gasteiger partial charge in [-0.05, 0) is 12.1 Å². The maximum Gasteiger partial charge on any atom is 0.201 e. The zero-order valence-electron chi connectivity index (χ0n) is 9.62. The van der Waals surface area contributed by atoms with Crippen molar-refractivity contribution in [3.63, 3.8) is 0 Å². The third-order valence-electron chi connectivity index (χ3n) is 2.57. The van der Waals surface area contributed by atoms with Gasteiger partial charge in [0, 0.05) is 29.1 Å². The second-order valence-electron chi connectivity index (χ2n) is 3.60. The van der Waals surface area contributed by atoms with Crippen LogP contribution in [-0.2, 0) is 0 Å². The first-order valence-corrected chi connectivity index (χ1v) is 5.17. The fourth-order valence-electron chi connectivity index (χ4n) is 1.72. The van der Waals surface area contributed by atoms with Crippen LogP contribution in [0, 0.1) is 0 Å². The largest absolute Gasteiger partial charge is 0.504 e. The van der Waals surface area contributed by atoms with Gasteiger partial charge >= 0.3 is 0 Å². The number of methoxy groups -OCH3 is 1. The SMILES string of the molecule is COc1cc(C=O)c(-c2cccnc2)c(O)c1O. The lowest BCUT2D eigenvalue weighted by Gasteiger charge is -2.12. The molecule has 0 saturated heterocycles. The second kappa shape index (κ2) is 4.75. The molecule has 1 aromatic heterocycles. The molecule has 92 valence electrons. The van der Waals surface area contributed by atoms with Crippen molar-refractivity contribution in [1.29, 1.82) is 0 Å². The van der Waals surface area contributed by atoms with Gasteiger partial charge in [-0.3, -0.25) is 9.78 Å². The van der Waals surface area contributed by atoms with Crippen LogP contribution in [0.2, 0.25) is 0 Å². The van der Waals surface area contributed by atoms with Crippen LogP contribution in [0.4, 0.5) is 0 Å². The summed E-state index contributed by atoms with van der Waals surface area (Å²) < 4.78 is 4.87. The lowest BCUT2D eigenvalue weighted by Crippen LogP contribution is -1.93. The van der Waals surface area contributed by atoms with E-state index in [0.717, 1.165) is 0 Å². The van der Waals surface area contributed by atoms with E-state index in [1.165, 1.54) is 19.4 Å². The molecular weight excluding hydrogens is 234 g/mol. The Morgan fingerprint density at radius 1 is 1.33 bits per heavy atom. The molecule has 18 heavy (non-hydrogen) atoms. The Balaban J connectivity index is 2.74. The molecule has 5 nitrogen and oxygen atoms in total. The molecule has 0 unspecified atom stereocenters. The first-order valence-electron chi connectivity index (χ1n) is 5.17. The van der Waals surface area contributed by atoms with E-state index in [-0.39, 0.29) is 16.9 Å². The number of phenolic OH excluding ortho intramolecular Hbond substituents is 2. The van der Waals surface area contributed by atoms with Crippen LogP contribution in [-0.4, -0.2) is 28.6 Å². The minimum Gasteiger partial charge on any atom is -0.504 e. The fraction of sp³-hybridized carbons (Fsp3) is 0.0769. The Morgan fingerprint density at radius 3 is 2.67 bits per heavy atom. The molecule has 0 atom stereocenters. The predicted molar refractivity (Wildman–Crippen MR) is 64.9 cm³/mol. The summed E-state index contributed by atoms with van der Waals surface area (Å²) in [6.45, 7) is 0. The van der Waals surface area contributed by atoms with Gasteiger partial charge < -0.3 is 14.9 Å². The number of phenols is 2. The molecule has 2 rings (SSSR count). The van der Waals surface area contributed by atoms with Crippen LogP contribution in [0.5, 0.6) is 17.2 Å². The lowest BCUT2D eigenvalue weighted by atomic mass is 9.99. The minimum atomic E-state index is -0.401. The number of hydrogen-bond acceptors (Lipinski definition) is 5. The molecule has 0 spiro atoms. The van der Waals surface area contributed by atoms with Gasteiger partial charge in [-0.15, -0.1) is 0 Å². The predicted octanol–water partition coefficient (Wildman–Crippen LogP) is 1.98. The van der Waals surface area contributed by atoms with Gasteiger partial charge in [0.25, 0.3) is 0 Å². The Bertz CT molecular complexity index is 581. The van der Waals surface area contributed by atoms with E-state index in [2.05, 4.69) is 4.98 Å². The topological polar surface area (TPSA) is 79.7 Å². The number of aromatic hydroxyl groups is 2. The highest BCUT2D eigenvalue weighted by molar-refractivity contribution is 5.93. The number of carbonyl (C=O) groups is 1. The second-order valence-corrected chi connectivity index (χ2v) is 3.60. The number of carbonyl (C=O) groups excluding carboxylic acids is 1. The summed E-state index contributed by atoms with van der Waals surface area (Å²) in [5.74, 6) is -0.756. The summed E-state index contributed by atoms with van der Waals surface area (Å²) in [4.78, 5) is 15.0. The molecule has 2 N–H and O–H groups in total. The number of pyridine rings is 1. The summed E-state index contributed by atoms with van der Waals surface area (Å²) >= 11 is 0. The highest BCUT2D eigenvalue weighted by Crippen LogP contribution is 2.44. The van der Waals surface area contributed by atoms with Crippen molar-refractivity contribution in [1.82, 2.24) is 4.98 Å². The van der Waals surface area contributed by atoms with Crippen molar-refractivity contribution in [2.45, 2.75) is 0 Å². The standard InChI is InChI=1S/C13H11NO4/c1-18-10-5-9(7-15)11(13(17)12(10)16)8-3-2-4-14-6-8/h2-7,16-17H,1H3. The quantitative estimate of drug-likeness (QED) is 0.638. The van der Waals surface area contributed by atoms with Gasteiger partial charge in [0.2, 0.25) is 5.75 Å². The van der Waals surface area contributed by atoms with Gasteiger partial charge in [0.1, 0.15) is 0 Å². The van der Waals surface area contributed by atoms with Crippen molar-refractivity contribution in [2.75, 3.05) is 7.11 Å². The zero-order valence-corrected chi connectivity index (χ0v) is 9.62. The first-order chi connectivity index (χ1) is 8.69. The maximum atomic E-state index is 11.1. The first kappa shape index (κ1) is 11.9. The molecule has 0 fully saturated rings. The minimum absolute atomic E-state index is 0.0437. The lowest BCUT2D eigenvalue weighted by molar-refractivity contribution is 0.112. The Kier molecular flexibility index (Phi) is 3.14. The molecule has 0 radical (unpaired) electrons. The number of rotatable bonds is 3. The van der Waals surface area contributed by atoms with Crippen LogP contribution >= 0.6 is 0 Å². The molecule has 2 aromatic rings. The Morgan fingerprint density at radius 2 is 2.11 bits per heavy atom. The van der Waals surface area contributed by atoms with Crippen LogP contribution in [0.3, 0.4) is 0 Å². The van der Waals surface area contributed by atoms with E-state index in [1.807, 2.05) is 0 Å². The van der Waals surface area contributed by atoms with Gasteiger partial charge in [-0.25, -0.2) is 0 Å². The smallest absolute Gasteiger partial charge is 0.201 e. The molecule has 1 aromatic carbocycles. The molecule has 0 saturated carbocycles.